The highest BCUT2D eigenvalue weighted by molar-refractivity contribution is 9.10. The molecule has 4 rings (SSSR count). The Kier molecular flexibility index (Phi) is 5.43. The van der Waals surface area contributed by atoms with Gasteiger partial charge in [0.05, 0.1) is 5.75 Å². The van der Waals surface area contributed by atoms with Crippen molar-refractivity contribution < 1.29 is 30.4 Å². The summed E-state index contributed by atoms with van der Waals surface area (Å²) in [5, 5.41) is 7.39. The molecule has 0 atom stereocenters. The van der Waals surface area contributed by atoms with E-state index in [1.807, 2.05) is 0 Å². The molecule has 0 spiro atoms. The summed E-state index contributed by atoms with van der Waals surface area (Å²) < 4.78 is 93.6. The number of sulfone groups is 1. The number of nitrogens with zero attached hydrogens (tertiary/aromatic N) is 5. The predicted molar refractivity (Wildman–Crippen MR) is 112 cm³/mol. The Balaban J connectivity index is 2.01. The first-order chi connectivity index (χ1) is 15.3. The van der Waals surface area contributed by atoms with Gasteiger partial charge in [0.2, 0.25) is 0 Å². The smallest absolute Gasteiger partial charge is 0.309 e. The zero-order valence-electron chi connectivity index (χ0n) is 16.8. The van der Waals surface area contributed by atoms with Crippen LogP contribution in [0.4, 0.5) is 22.0 Å². The van der Waals surface area contributed by atoms with Gasteiger partial charge in [0.15, 0.2) is 21.3 Å². The van der Waals surface area contributed by atoms with E-state index in [2.05, 4.69) is 36.1 Å². The van der Waals surface area contributed by atoms with E-state index in [0.717, 1.165) is 0 Å². The highest BCUT2D eigenvalue weighted by Gasteiger charge is 2.60. The molecule has 0 amide bonds. The van der Waals surface area contributed by atoms with Gasteiger partial charge in [0.25, 0.3) is 0 Å². The van der Waals surface area contributed by atoms with Crippen LogP contribution in [0.25, 0.3) is 33.5 Å². The van der Waals surface area contributed by atoms with Gasteiger partial charge in [-0.3, -0.25) is 4.98 Å². The Morgan fingerprint density at radius 3 is 2.42 bits per heavy atom. The van der Waals surface area contributed by atoms with E-state index in [1.165, 1.54) is 24.7 Å². The highest BCUT2D eigenvalue weighted by Crippen LogP contribution is 2.43. The van der Waals surface area contributed by atoms with Crippen LogP contribution in [-0.4, -0.2) is 45.1 Å². The van der Waals surface area contributed by atoms with Crippen molar-refractivity contribution in [1.82, 2.24) is 24.7 Å². The van der Waals surface area contributed by atoms with Gasteiger partial charge >= 0.3 is 12.1 Å². The highest BCUT2D eigenvalue weighted by atomic mass is 79.9. The molecule has 0 unspecified atom stereocenters. The number of hydrogen-bond donors (Lipinski definition) is 0. The molecule has 0 radical (unpaired) electrons. The van der Waals surface area contributed by atoms with Crippen molar-refractivity contribution in [1.29, 1.82) is 0 Å². The Bertz CT molecular complexity index is 1520. The fourth-order valence-electron chi connectivity index (χ4n) is 3.28. The topological polar surface area (TPSA) is 90.6 Å². The molecule has 1 aromatic carbocycles. The van der Waals surface area contributed by atoms with E-state index in [9.17, 15) is 30.4 Å². The number of pyridine rings is 1. The summed E-state index contributed by atoms with van der Waals surface area (Å²) >= 11 is 3.31. The van der Waals surface area contributed by atoms with Crippen molar-refractivity contribution in [3.05, 3.63) is 40.6 Å². The molecule has 174 valence electrons. The molecule has 4 aromatic rings. The molecule has 0 aliphatic carbocycles. The number of fused-ring (bicyclic) bond motifs is 2. The van der Waals surface area contributed by atoms with Crippen LogP contribution >= 0.6 is 15.9 Å². The molecule has 0 saturated carbocycles. The first-order valence-corrected chi connectivity index (χ1v) is 11.7. The second kappa shape index (κ2) is 7.65. The number of hydrogen-bond acceptors (Lipinski definition) is 6. The van der Waals surface area contributed by atoms with Gasteiger partial charge in [-0.1, -0.05) is 28.9 Å². The lowest BCUT2D eigenvalue weighted by molar-refractivity contribution is -0.291. The van der Waals surface area contributed by atoms with Crippen LogP contribution in [0.3, 0.4) is 0 Å². The van der Waals surface area contributed by atoms with E-state index in [1.54, 1.807) is 18.2 Å². The molecule has 0 N–H and O–H groups in total. The molecule has 33 heavy (non-hydrogen) atoms. The summed E-state index contributed by atoms with van der Waals surface area (Å²) in [6.07, 6.45) is -4.46. The number of aryl methyl sites for hydroxylation is 1. The van der Waals surface area contributed by atoms with Crippen LogP contribution in [0.2, 0.25) is 0 Å². The van der Waals surface area contributed by atoms with Crippen molar-refractivity contribution in [2.45, 2.75) is 23.9 Å². The van der Waals surface area contributed by atoms with Gasteiger partial charge < -0.3 is 4.57 Å². The maximum atomic E-state index is 13.7. The Hall–Kier alpha value is -2.74. The average molecular weight is 550 g/mol. The minimum atomic E-state index is -5.87. The van der Waals surface area contributed by atoms with Crippen LogP contribution in [0.5, 0.6) is 0 Å². The number of benzene rings is 1. The van der Waals surface area contributed by atoms with E-state index in [4.69, 9.17) is 0 Å². The first kappa shape index (κ1) is 23.4. The molecule has 0 fully saturated rings. The van der Waals surface area contributed by atoms with Crippen molar-refractivity contribution in [2.24, 2.45) is 7.05 Å². The van der Waals surface area contributed by atoms with Gasteiger partial charge in [-0.2, -0.15) is 22.0 Å². The van der Waals surface area contributed by atoms with Crippen LogP contribution in [0, 0.1) is 0 Å². The number of aromatic nitrogens is 5. The second-order valence-electron chi connectivity index (χ2n) is 7.08. The van der Waals surface area contributed by atoms with Crippen molar-refractivity contribution >= 4 is 47.7 Å². The van der Waals surface area contributed by atoms with Crippen molar-refractivity contribution in [3.63, 3.8) is 0 Å². The number of imidazole rings is 1. The molecule has 7 nitrogen and oxygen atoms in total. The van der Waals surface area contributed by atoms with Crippen molar-refractivity contribution in [3.8, 4) is 11.5 Å². The maximum Gasteiger partial charge on any atom is 0.459 e. The lowest BCUT2D eigenvalue weighted by Gasteiger charge is -2.17. The molecule has 0 aliphatic rings. The van der Waals surface area contributed by atoms with E-state index in [-0.39, 0.29) is 33.3 Å². The minimum absolute atomic E-state index is 0.0800. The molecule has 14 heteroatoms. The molecule has 0 saturated heterocycles. The molecular weight excluding hydrogens is 537 g/mol. The van der Waals surface area contributed by atoms with Gasteiger partial charge in [-0.25, -0.2) is 13.4 Å². The Morgan fingerprint density at radius 1 is 1.09 bits per heavy atom. The SMILES string of the molecule is CCS(=O)(=O)c1c(-c2nc3cc(C(F)(F)C(F)(F)F)nnc3n2C)ncc2cc(Br)ccc12. The lowest BCUT2D eigenvalue weighted by atomic mass is 10.1. The molecule has 0 bridgehead atoms. The molecule has 0 aliphatic heterocycles. The van der Waals surface area contributed by atoms with Gasteiger partial charge in [-0.05, 0) is 18.2 Å². The fraction of sp³-hybridized carbons (Fsp3) is 0.263. The Labute approximate surface area is 191 Å². The molecular formula is C19H13BrF5N5O2S. The normalized spacial score (nSPS) is 13.2. The standard InChI is InChI=1S/C19H13BrF5N5O2S/c1-3-33(31,32)15-11-5-4-10(20)6-9(11)8-26-14(15)17-27-12-7-13(18(21,22)19(23,24)25)28-29-16(12)30(17)2/h4-8H,3H2,1-2H3. The summed E-state index contributed by atoms with van der Waals surface area (Å²) in [5.74, 6) is -5.58. The summed E-state index contributed by atoms with van der Waals surface area (Å²) in [7, 11) is -2.46. The largest absolute Gasteiger partial charge is 0.459 e. The number of alkyl halides is 5. The monoisotopic (exact) mass is 549 g/mol. The third kappa shape index (κ3) is 3.74. The van der Waals surface area contributed by atoms with E-state index < -0.39 is 27.6 Å². The van der Waals surface area contributed by atoms with E-state index >= 15 is 0 Å². The second-order valence-corrected chi connectivity index (χ2v) is 10.2. The zero-order chi connectivity index (χ0) is 24.3. The fourth-order valence-corrected chi connectivity index (χ4v) is 4.91. The summed E-state index contributed by atoms with van der Waals surface area (Å²) in [6, 6.07) is 5.38. The van der Waals surface area contributed by atoms with Crippen LogP contribution in [-0.2, 0) is 22.8 Å². The van der Waals surface area contributed by atoms with Gasteiger partial charge in [0.1, 0.15) is 21.8 Å². The van der Waals surface area contributed by atoms with Gasteiger partial charge in [-0.15, -0.1) is 10.2 Å². The van der Waals surface area contributed by atoms with Crippen LogP contribution in [0.1, 0.15) is 12.6 Å². The van der Waals surface area contributed by atoms with Crippen LogP contribution in [0.15, 0.2) is 39.8 Å². The number of halogens is 6. The Morgan fingerprint density at radius 2 is 1.79 bits per heavy atom. The minimum Gasteiger partial charge on any atom is -0.309 e. The predicted octanol–water partition coefficient (Wildman–Crippen LogP) is 4.79. The number of rotatable bonds is 4. The van der Waals surface area contributed by atoms with Gasteiger partial charge in [0, 0.05) is 28.5 Å². The lowest BCUT2D eigenvalue weighted by Crippen LogP contribution is -2.34. The maximum absolute atomic E-state index is 13.7. The summed E-state index contributed by atoms with van der Waals surface area (Å²) in [4.78, 5) is 8.20. The summed E-state index contributed by atoms with van der Waals surface area (Å²) in [5.41, 5.74) is -2.15. The quantitative estimate of drug-likeness (QED) is 0.340. The zero-order valence-corrected chi connectivity index (χ0v) is 19.2. The third-order valence-electron chi connectivity index (χ3n) is 5.00. The van der Waals surface area contributed by atoms with E-state index in [0.29, 0.717) is 21.3 Å². The van der Waals surface area contributed by atoms with Crippen molar-refractivity contribution in [2.75, 3.05) is 5.75 Å². The summed E-state index contributed by atoms with van der Waals surface area (Å²) in [6.45, 7) is 1.45. The average Bonchev–Trinajstić information content (AvgIpc) is 3.07. The molecule has 3 aromatic heterocycles. The third-order valence-corrected chi connectivity index (χ3v) is 7.29. The van der Waals surface area contributed by atoms with Crippen LogP contribution < -0.4 is 0 Å². The first-order valence-electron chi connectivity index (χ1n) is 9.24. The molecule has 3 heterocycles.